The average Bonchev–Trinajstić information content (AvgIpc) is 3.20. The molecular formula is C14H26N2O. The van der Waals surface area contributed by atoms with Crippen LogP contribution in [0.25, 0.3) is 0 Å². The first-order valence-corrected chi connectivity index (χ1v) is 7.39. The van der Waals surface area contributed by atoms with E-state index >= 15 is 0 Å². The summed E-state index contributed by atoms with van der Waals surface area (Å²) >= 11 is 0. The number of ether oxygens (including phenoxy) is 1. The molecule has 0 aromatic heterocycles. The molecule has 3 nitrogen and oxygen atoms in total. The lowest BCUT2D eigenvalue weighted by molar-refractivity contribution is 0.0215. The Labute approximate surface area is 105 Å². The Morgan fingerprint density at radius 2 is 1.76 bits per heavy atom. The van der Waals surface area contributed by atoms with Gasteiger partial charge in [-0.2, -0.15) is 0 Å². The fourth-order valence-corrected chi connectivity index (χ4v) is 3.00. The van der Waals surface area contributed by atoms with E-state index in [0.717, 1.165) is 18.5 Å². The van der Waals surface area contributed by atoms with Crippen molar-refractivity contribution in [1.29, 1.82) is 0 Å². The van der Waals surface area contributed by atoms with Crippen molar-refractivity contribution in [2.45, 2.75) is 56.8 Å². The van der Waals surface area contributed by atoms with Crippen molar-refractivity contribution in [2.75, 3.05) is 26.7 Å². The summed E-state index contributed by atoms with van der Waals surface area (Å²) in [5.74, 6) is 1.02. The predicted octanol–water partition coefficient (Wildman–Crippen LogP) is 1.63. The smallest absolute Gasteiger partial charge is 0.0707 e. The van der Waals surface area contributed by atoms with E-state index < -0.39 is 0 Å². The van der Waals surface area contributed by atoms with Gasteiger partial charge in [0.15, 0.2) is 0 Å². The number of nitrogens with zero attached hydrogens (tertiary/aromatic N) is 1. The predicted molar refractivity (Wildman–Crippen MR) is 69.1 cm³/mol. The first-order valence-electron chi connectivity index (χ1n) is 7.39. The van der Waals surface area contributed by atoms with Crippen LogP contribution >= 0.6 is 0 Å². The largest absolute Gasteiger partial charge is 0.372 e. The molecule has 1 aliphatic heterocycles. The number of hydrogen-bond donors (Lipinski definition) is 1. The maximum atomic E-state index is 6.11. The third-order valence-corrected chi connectivity index (χ3v) is 4.32. The molecule has 0 aromatic rings. The molecule has 0 bridgehead atoms. The molecule has 0 spiro atoms. The molecule has 0 amide bonds. The summed E-state index contributed by atoms with van der Waals surface area (Å²) in [6.07, 6.45) is 9.28. The van der Waals surface area contributed by atoms with Crippen molar-refractivity contribution < 1.29 is 4.74 Å². The van der Waals surface area contributed by atoms with E-state index in [0.29, 0.717) is 12.2 Å². The van der Waals surface area contributed by atoms with E-state index in [9.17, 15) is 0 Å². The van der Waals surface area contributed by atoms with Gasteiger partial charge in [0.05, 0.1) is 12.2 Å². The number of hydrogen-bond acceptors (Lipinski definition) is 3. The molecule has 2 atom stereocenters. The Morgan fingerprint density at radius 3 is 2.41 bits per heavy atom. The van der Waals surface area contributed by atoms with Gasteiger partial charge >= 0.3 is 0 Å². The van der Waals surface area contributed by atoms with E-state index in [-0.39, 0.29) is 0 Å². The van der Waals surface area contributed by atoms with Gasteiger partial charge in [0.25, 0.3) is 0 Å². The molecule has 1 heterocycles. The SMILES string of the molecule is CNCC1CCC(CN(CC2CC2)C2CC2)O1. The van der Waals surface area contributed by atoms with Crippen LogP contribution in [0.15, 0.2) is 0 Å². The molecule has 17 heavy (non-hydrogen) atoms. The number of nitrogens with one attached hydrogen (secondary N) is 1. The maximum Gasteiger partial charge on any atom is 0.0707 e. The molecule has 2 aliphatic carbocycles. The molecule has 3 heteroatoms. The van der Waals surface area contributed by atoms with Crippen LogP contribution in [0.2, 0.25) is 0 Å². The first kappa shape index (κ1) is 11.9. The zero-order valence-corrected chi connectivity index (χ0v) is 11.0. The fourth-order valence-electron chi connectivity index (χ4n) is 3.00. The highest BCUT2D eigenvalue weighted by Gasteiger charge is 2.36. The van der Waals surface area contributed by atoms with E-state index in [4.69, 9.17) is 4.74 Å². The van der Waals surface area contributed by atoms with Crippen molar-refractivity contribution in [3.05, 3.63) is 0 Å². The van der Waals surface area contributed by atoms with E-state index in [1.54, 1.807) is 0 Å². The molecule has 0 radical (unpaired) electrons. The van der Waals surface area contributed by atoms with Gasteiger partial charge in [-0.15, -0.1) is 0 Å². The van der Waals surface area contributed by atoms with Gasteiger partial charge in [-0.25, -0.2) is 0 Å². The van der Waals surface area contributed by atoms with Crippen LogP contribution in [0.3, 0.4) is 0 Å². The molecular weight excluding hydrogens is 212 g/mol. The van der Waals surface area contributed by atoms with Crippen molar-refractivity contribution in [3.8, 4) is 0 Å². The summed E-state index contributed by atoms with van der Waals surface area (Å²) in [6, 6.07) is 0.905. The highest BCUT2D eigenvalue weighted by Crippen LogP contribution is 2.35. The van der Waals surface area contributed by atoms with Crippen molar-refractivity contribution in [3.63, 3.8) is 0 Å². The lowest BCUT2D eigenvalue weighted by Gasteiger charge is -2.25. The van der Waals surface area contributed by atoms with Gasteiger partial charge in [-0.1, -0.05) is 0 Å². The molecule has 0 aromatic carbocycles. The van der Waals surface area contributed by atoms with Crippen LogP contribution in [0, 0.1) is 5.92 Å². The van der Waals surface area contributed by atoms with Crippen LogP contribution in [0.4, 0.5) is 0 Å². The van der Waals surface area contributed by atoms with Gasteiger partial charge in [-0.3, -0.25) is 4.90 Å². The minimum atomic E-state index is 0.465. The minimum absolute atomic E-state index is 0.465. The third-order valence-electron chi connectivity index (χ3n) is 4.32. The second kappa shape index (κ2) is 5.25. The lowest BCUT2D eigenvalue weighted by Crippen LogP contribution is -2.36. The quantitative estimate of drug-likeness (QED) is 0.729. The lowest BCUT2D eigenvalue weighted by atomic mass is 10.2. The molecule has 2 unspecified atom stereocenters. The molecule has 3 rings (SSSR count). The molecule has 2 saturated carbocycles. The van der Waals surface area contributed by atoms with Crippen LogP contribution in [0.5, 0.6) is 0 Å². The monoisotopic (exact) mass is 238 g/mol. The second-order valence-corrected chi connectivity index (χ2v) is 6.14. The van der Waals surface area contributed by atoms with Gasteiger partial charge in [0.2, 0.25) is 0 Å². The van der Waals surface area contributed by atoms with Crippen molar-refractivity contribution in [1.82, 2.24) is 10.2 Å². The highest BCUT2D eigenvalue weighted by atomic mass is 16.5. The standard InChI is InChI=1S/C14H26N2O/c1-15-8-13-6-7-14(17-13)10-16(12-4-5-12)9-11-2-3-11/h11-15H,2-10H2,1H3. The topological polar surface area (TPSA) is 24.5 Å². The summed E-state index contributed by atoms with van der Waals surface area (Å²) in [5, 5.41) is 3.22. The molecule has 3 fully saturated rings. The Bertz CT molecular complexity index is 251. The second-order valence-electron chi connectivity index (χ2n) is 6.14. The highest BCUT2D eigenvalue weighted by molar-refractivity contribution is 4.90. The van der Waals surface area contributed by atoms with E-state index in [2.05, 4.69) is 10.2 Å². The molecule has 3 aliphatic rings. The van der Waals surface area contributed by atoms with E-state index in [1.807, 2.05) is 7.05 Å². The van der Waals surface area contributed by atoms with Gasteiger partial charge in [0, 0.05) is 25.7 Å². The number of rotatable bonds is 7. The van der Waals surface area contributed by atoms with Gasteiger partial charge in [0.1, 0.15) is 0 Å². The maximum absolute atomic E-state index is 6.11. The van der Waals surface area contributed by atoms with Crippen molar-refractivity contribution >= 4 is 0 Å². The van der Waals surface area contributed by atoms with Gasteiger partial charge in [-0.05, 0) is 51.5 Å². The van der Waals surface area contributed by atoms with E-state index in [1.165, 1.54) is 51.6 Å². The Balaban J connectivity index is 1.44. The zero-order chi connectivity index (χ0) is 11.7. The number of likely N-dealkylation sites (N-methyl/N-ethyl adjacent to an activating group) is 1. The van der Waals surface area contributed by atoms with Crippen LogP contribution in [0.1, 0.15) is 38.5 Å². The fraction of sp³-hybridized carbons (Fsp3) is 1.00. The summed E-state index contributed by atoms with van der Waals surface area (Å²) in [5.41, 5.74) is 0. The van der Waals surface area contributed by atoms with Crippen LogP contribution in [-0.2, 0) is 4.74 Å². The normalized spacial score (nSPS) is 33.5. The average molecular weight is 238 g/mol. The Hall–Kier alpha value is -0.120. The zero-order valence-electron chi connectivity index (χ0n) is 11.0. The summed E-state index contributed by atoms with van der Waals surface area (Å²) in [7, 11) is 2.01. The first-order chi connectivity index (χ1) is 8.35. The third kappa shape index (κ3) is 3.43. The summed E-state index contributed by atoms with van der Waals surface area (Å²) in [6.45, 7) is 3.56. The minimum Gasteiger partial charge on any atom is -0.372 e. The molecule has 1 saturated heterocycles. The summed E-state index contributed by atoms with van der Waals surface area (Å²) in [4.78, 5) is 2.73. The Morgan fingerprint density at radius 1 is 1.00 bits per heavy atom. The molecule has 98 valence electrons. The molecule has 1 N–H and O–H groups in total. The van der Waals surface area contributed by atoms with Crippen LogP contribution in [-0.4, -0.2) is 49.8 Å². The van der Waals surface area contributed by atoms with Gasteiger partial charge < -0.3 is 10.1 Å². The van der Waals surface area contributed by atoms with Crippen molar-refractivity contribution in [2.24, 2.45) is 5.92 Å². The van der Waals surface area contributed by atoms with Crippen LogP contribution < -0.4 is 5.32 Å². The summed E-state index contributed by atoms with van der Waals surface area (Å²) < 4.78 is 6.11. The Kier molecular flexibility index (Phi) is 3.69.